The molecule has 0 radical (unpaired) electrons. The van der Waals surface area contributed by atoms with Crippen LogP contribution in [0.15, 0.2) is 24.5 Å². The second kappa shape index (κ2) is 16.1. The summed E-state index contributed by atoms with van der Waals surface area (Å²) < 4.78 is 61.7. The van der Waals surface area contributed by atoms with Crippen molar-refractivity contribution in [2.45, 2.75) is 55.1 Å². The lowest BCUT2D eigenvalue weighted by Crippen LogP contribution is -2.31. The van der Waals surface area contributed by atoms with E-state index >= 15 is 0 Å². The molecule has 2 atom stereocenters. The first-order valence-corrected chi connectivity index (χ1v) is 12.2. The van der Waals surface area contributed by atoms with E-state index < -0.39 is 21.9 Å². The van der Waals surface area contributed by atoms with Crippen molar-refractivity contribution >= 4 is 70.2 Å². The largest absolute Gasteiger partial charge is 0.379 e. The van der Waals surface area contributed by atoms with Gasteiger partial charge in [-0.25, -0.2) is 13.4 Å². The maximum atomic E-state index is 12.1. The molecule has 1 saturated heterocycles. The van der Waals surface area contributed by atoms with Crippen LogP contribution in [0.25, 0.3) is 0 Å². The predicted octanol–water partition coefficient (Wildman–Crippen LogP) is 6.52. The van der Waals surface area contributed by atoms with E-state index in [9.17, 15) is 35.9 Å². The highest BCUT2D eigenvalue weighted by Gasteiger charge is 2.51. The molecule has 1 aromatic heterocycles. The number of halogens is 10. The van der Waals surface area contributed by atoms with E-state index in [0.29, 0.717) is 24.8 Å². The number of amides is 2. The number of alkyl halides is 10. The molecule has 2 unspecified atom stereocenters. The number of aryl methyl sites for hydroxylation is 2. The van der Waals surface area contributed by atoms with E-state index in [-0.39, 0.29) is 23.7 Å². The average molecular weight is 614 g/mol. The van der Waals surface area contributed by atoms with Crippen molar-refractivity contribution in [2.24, 2.45) is 18.9 Å². The third-order valence-corrected chi connectivity index (χ3v) is 7.90. The number of nitrogens with zero attached hydrogens (tertiary/aromatic N) is 3. The summed E-state index contributed by atoms with van der Waals surface area (Å²) in [7, 11) is 2.06. The van der Waals surface area contributed by atoms with Crippen molar-refractivity contribution in [3.05, 3.63) is 30.4 Å². The quantitative estimate of drug-likeness (QED) is 0.0970. The molecule has 5 nitrogen and oxygen atoms in total. The van der Waals surface area contributed by atoms with Crippen LogP contribution in [0, 0.1) is 18.8 Å². The summed E-state index contributed by atoms with van der Waals surface area (Å²) in [6.07, 6.45) is 9.10. The van der Waals surface area contributed by atoms with Gasteiger partial charge in [-0.15, -0.1) is 23.2 Å². The highest BCUT2D eigenvalue weighted by Crippen LogP contribution is 2.48. The first kappa shape index (κ1) is 34.2. The fourth-order valence-corrected chi connectivity index (χ4v) is 4.38. The number of hydrogen-bond acceptors (Lipinski definition) is 3. The molecule has 35 heavy (non-hydrogen) atoms. The Hall–Kier alpha value is -0.820. The minimum absolute atomic E-state index is 0.279. The molecule has 1 aliphatic carbocycles. The van der Waals surface area contributed by atoms with Gasteiger partial charge in [-0.3, -0.25) is 9.59 Å². The maximum Gasteiger partial charge on any atom is 0.379 e. The van der Waals surface area contributed by atoms with E-state index in [0.717, 1.165) is 10.8 Å². The van der Waals surface area contributed by atoms with E-state index in [4.69, 9.17) is 46.4 Å². The fraction of sp³-hybridized carbons (Fsp3) is 0.632. The number of carbonyl (C=O) groups excluding carboxylic acids is 2. The lowest BCUT2D eigenvalue weighted by Gasteiger charge is -2.24. The zero-order valence-corrected chi connectivity index (χ0v) is 22.5. The molecule has 0 aromatic carbocycles. The number of allylic oxidation sites excluding steroid dienone is 2. The summed E-state index contributed by atoms with van der Waals surface area (Å²) in [6, 6.07) is 0. The van der Waals surface area contributed by atoms with Gasteiger partial charge in [0.15, 0.2) is 4.84 Å². The molecule has 3 rings (SSSR count). The van der Waals surface area contributed by atoms with Gasteiger partial charge in [-0.1, -0.05) is 35.4 Å². The Bertz CT molecular complexity index is 808. The molecule has 2 aliphatic rings. The van der Waals surface area contributed by atoms with Crippen molar-refractivity contribution in [1.29, 1.82) is 0 Å². The van der Waals surface area contributed by atoms with Crippen LogP contribution in [-0.4, -0.2) is 42.5 Å². The third-order valence-electron chi connectivity index (χ3n) is 4.67. The van der Waals surface area contributed by atoms with Gasteiger partial charge >= 0.3 is 13.4 Å². The second-order valence-corrected chi connectivity index (χ2v) is 10.9. The minimum Gasteiger partial charge on any atom is -0.273 e. The van der Waals surface area contributed by atoms with Crippen LogP contribution < -0.4 is 4.57 Å². The van der Waals surface area contributed by atoms with Crippen molar-refractivity contribution in [2.75, 3.05) is 0 Å². The summed E-state index contributed by atoms with van der Waals surface area (Å²) in [5, 5.41) is 0. The number of fused-ring (bicyclic) bond motifs is 1. The second-order valence-electron chi connectivity index (χ2n) is 6.82. The van der Waals surface area contributed by atoms with Gasteiger partial charge in [0.2, 0.25) is 15.5 Å². The van der Waals surface area contributed by atoms with Crippen LogP contribution >= 0.6 is 58.4 Å². The van der Waals surface area contributed by atoms with Crippen molar-refractivity contribution in [3.63, 3.8) is 0 Å². The Morgan fingerprint density at radius 1 is 1.03 bits per heavy atom. The minimum atomic E-state index is -3.67. The lowest BCUT2D eigenvalue weighted by atomic mass is 9.85. The van der Waals surface area contributed by atoms with Gasteiger partial charge in [0.05, 0.1) is 25.4 Å². The first-order valence-electron chi connectivity index (χ1n) is 9.80. The first-order chi connectivity index (χ1) is 16.1. The topological polar surface area (TPSA) is 46.2 Å². The molecule has 0 bridgehead atoms. The van der Waals surface area contributed by atoms with Gasteiger partial charge in [0, 0.05) is 18.9 Å². The number of rotatable bonds is 4. The lowest BCUT2D eigenvalue weighted by molar-refractivity contribution is -0.677. The SMILES string of the molecule is CCn1cc[n+](C)c1C.FC(F)F.FC(F)F.O=C1C2CC=CCC2C(=O)N1SC(Cl)(Cl)C(Cl)Cl. The number of aromatic nitrogens is 2. The average Bonchev–Trinajstić information content (AvgIpc) is 3.19. The Morgan fingerprint density at radius 3 is 1.69 bits per heavy atom. The molecular weight excluding hydrogens is 590 g/mol. The molecule has 1 aliphatic heterocycles. The highest BCUT2D eigenvalue weighted by molar-refractivity contribution is 8.02. The smallest absolute Gasteiger partial charge is 0.273 e. The zero-order chi connectivity index (χ0) is 27.5. The standard InChI is InChI=1S/C10H9Cl4NO2S.C7H13N2.2CHF3/c11-9(12)10(13,14)18-15-7(16)5-3-1-2-4-6(5)8(15)17;1-4-9-6-5-8(3)7(9)2;2*2-1(3)4/h1-2,5-6,9H,3-4H2;5-6H,4H2,1-3H3;2*1H/q;+1;;. The van der Waals surface area contributed by atoms with Gasteiger partial charge in [-0.2, -0.15) is 26.3 Å². The Labute approximate surface area is 223 Å². The van der Waals surface area contributed by atoms with Gasteiger partial charge < -0.3 is 0 Å². The van der Waals surface area contributed by atoms with Crippen LogP contribution in [0.2, 0.25) is 0 Å². The highest BCUT2D eigenvalue weighted by atomic mass is 35.5. The van der Waals surface area contributed by atoms with E-state index in [1.54, 1.807) is 0 Å². The van der Waals surface area contributed by atoms with Crippen molar-refractivity contribution < 1.29 is 40.5 Å². The van der Waals surface area contributed by atoms with Crippen LogP contribution in [0.1, 0.15) is 25.6 Å². The number of hydrogen-bond donors (Lipinski definition) is 0. The summed E-state index contributed by atoms with van der Waals surface area (Å²) in [6.45, 7) is -2.01. The monoisotopic (exact) mass is 612 g/mol. The Kier molecular flexibility index (Phi) is 15.7. The van der Waals surface area contributed by atoms with E-state index in [1.165, 1.54) is 5.82 Å². The van der Waals surface area contributed by atoms with Crippen LogP contribution in [0.4, 0.5) is 26.3 Å². The summed E-state index contributed by atoms with van der Waals surface area (Å²) >= 11 is 23.7. The summed E-state index contributed by atoms with van der Waals surface area (Å²) in [4.78, 5) is 23.1. The fourth-order valence-electron chi connectivity index (χ4n) is 2.95. The number of imide groups is 1. The molecule has 0 spiro atoms. The summed E-state index contributed by atoms with van der Waals surface area (Å²) in [5.74, 6) is 0.113. The van der Waals surface area contributed by atoms with Crippen LogP contribution in [0.5, 0.6) is 0 Å². The van der Waals surface area contributed by atoms with Crippen molar-refractivity contribution in [3.8, 4) is 0 Å². The molecule has 1 aromatic rings. The van der Waals surface area contributed by atoms with E-state index in [2.05, 4.69) is 42.4 Å². The zero-order valence-electron chi connectivity index (χ0n) is 18.7. The molecule has 16 heteroatoms. The third kappa shape index (κ3) is 11.8. The molecule has 0 N–H and O–H groups in total. The van der Waals surface area contributed by atoms with Crippen LogP contribution in [-0.2, 0) is 23.2 Å². The Morgan fingerprint density at radius 2 is 1.43 bits per heavy atom. The summed E-state index contributed by atoms with van der Waals surface area (Å²) in [5.41, 5.74) is 0. The molecule has 1 fully saturated rings. The predicted molar refractivity (Wildman–Crippen MR) is 125 cm³/mol. The van der Waals surface area contributed by atoms with Gasteiger partial charge in [0.1, 0.15) is 12.4 Å². The number of carbonyl (C=O) groups is 2. The molecule has 202 valence electrons. The van der Waals surface area contributed by atoms with Crippen molar-refractivity contribution in [1.82, 2.24) is 8.87 Å². The molecule has 2 heterocycles. The Balaban J connectivity index is 0.000000563. The van der Waals surface area contributed by atoms with E-state index in [1.807, 2.05) is 12.2 Å². The maximum absolute atomic E-state index is 12.1. The molecular formula is C19H24Cl4F6N3O2S+. The molecule has 0 saturated carbocycles. The van der Waals surface area contributed by atoms with Gasteiger partial charge in [0.25, 0.3) is 5.82 Å². The molecule has 2 amide bonds. The normalized spacial score (nSPS) is 19.1. The number of imidazole rings is 1. The van der Waals surface area contributed by atoms with Crippen LogP contribution in [0.3, 0.4) is 0 Å². The van der Waals surface area contributed by atoms with Gasteiger partial charge in [-0.05, 0) is 19.8 Å².